The third-order valence-corrected chi connectivity index (χ3v) is 5.05. The fraction of sp³-hybridized carbons (Fsp3) is 0.353. The molecule has 0 saturated carbocycles. The number of carbonyl (C=O) groups excluding carboxylic acids is 1. The molecule has 1 fully saturated rings. The van der Waals surface area contributed by atoms with Gasteiger partial charge in [0, 0.05) is 38.1 Å². The molecule has 2 aromatic heterocycles. The summed E-state index contributed by atoms with van der Waals surface area (Å²) < 4.78 is 25.3. The minimum atomic E-state index is -1.32. The van der Waals surface area contributed by atoms with Crippen molar-refractivity contribution in [1.82, 2.24) is 25.4 Å². The van der Waals surface area contributed by atoms with Gasteiger partial charge in [-0.25, -0.2) is 4.39 Å². The first-order valence-corrected chi connectivity index (χ1v) is 9.58. The van der Waals surface area contributed by atoms with Gasteiger partial charge in [-0.15, -0.1) is 10.2 Å². The van der Waals surface area contributed by atoms with Crippen molar-refractivity contribution in [3.8, 4) is 17.3 Å². The number of carboxylic acid groups (broad SMARTS) is 1. The van der Waals surface area contributed by atoms with E-state index in [0.717, 1.165) is 17.6 Å². The summed E-state index contributed by atoms with van der Waals surface area (Å²) in [6.07, 6.45) is 1.41. The Bertz CT molecular complexity index is 1020. The van der Waals surface area contributed by atoms with Crippen LogP contribution in [0.4, 0.5) is 10.2 Å². The molecular weight excluding hydrogens is 474 g/mol. The van der Waals surface area contributed by atoms with Gasteiger partial charge in [0.15, 0.2) is 5.82 Å². The Morgan fingerprint density at radius 1 is 1.33 bits per heavy atom. The molecule has 1 saturated heterocycles. The molecule has 13 heteroatoms. The number of benzene rings is 1. The first-order chi connectivity index (χ1) is 14.0. The number of hydrogen-bond donors (Lipinski definition) is 0. The van der Waals surface area contributed by atoms with Crippen LogP contribution in [0.1, 0.15) is 12.8 Å². The summed E-state index contributed by atoms with van der Waals surface area (Å²) >= 11 is 3.37. The van der Waals surface area contributed by atoms with Crippen molar-refractivity contribution in [3.63, 3.8) is 0 Å². The second-order valence-electron chi connectivity index (χ2n) is 6.44. The number of anilines is 1. The van der Waals surface area contributed by atoms with Crippen molar-refractivity contribution < 1.29 is 53.1 Å². The topological polar surface area (TPSA) is 122 Å². The molecule has 1 aliphatic heterocycles. The molecule has 1 aromatic carbocycles. The first-order valence-electron chi connectivity index (χ1n) is 8.79. The zero-order valence-electron chi connectivity index (χ0n) is 16.0. The predicted octanol–water partition coefficient (Wildman–Crippen LogP) is -1.97. The van der Waals surface area contributed by atoms with Gasteiger partial charge in [-0.2, -0.15) is 4.80 Å². The van der Waals surface area contributed by atoms with E-state index in [1.54, 1.807) is 12.1 Å². The van der Waals surface area contributed by atoms with Crippen LogP contribution in [-0.2, 0) is 11.3 Å². The second kappa shape index (κ2) is 9.86. The maximum Gasteiger partial charge on any atom is 1.00 e. The van der Waals surface area contributed by atoms with E-state index in [4.69, 9.17) is 9.26 Å². The van der Waals surface area contributed by atoms with Gasteiger partial charge in [0.1, 0.15) is 24.2 Å². The van der Waals surface area contributed by atoms with Gasteiger partial charge in [0.25, 0.3) is 0 Å². The molecule has 0 bridgehead atoms. The minimum Gasteiger partial charge on any atom is -0.548 e. The van der Waals surface area contributed by atoms with E-state index in [-0.39, 0.29) is 53.1 Å². The molecule has 0 aliphatic carbocycles. The number of carbonyl (C=O) groups is 1. The van der Waals surface area contributed by atoms with E-state index < -0.39 is 12.5 Å². The van der Waals surface area contributed by atoms with Crippen LogP contribution in [0, 0.1) is 5.82 Å². The van der Waals surface area contributed by atoms with Crippen LogP contribution in [0.5, 0.6) is 5.75 Å². The van der Waals surface area contributed by atoms with E-state index in [9.17, 15) is 14.3 Å². The molecule has 3 heterocycles. The Labute approximate surface area is 200 Å². The van der Waals surface area contributed by atoms with Crippen LogP contribution >= 0.6 is 15.9 Å². The summed E-state index contributed by atoms with van der Waals surface area (Å²) in [5.41, 5.74) is 0. The Hall–Kier alpha value is -2.02. The van der Waals surface area contributed by atoms with E-state index >= 15 is 0 Å². The van der Waals surface area contributed by atoms with Crippen LogP contribution in [0.3, 0.4) is 0 Å². The van der Waals surface area contributed by atoms with Crippen LogP contribution in [0.25, 0.3) is 11.6 Å². The zero-order chi connectivity index (χ0) is 20.4. The fourth-order valence-electron chi connectivity index (χ4n) is 2.99. The minimum absolute atomic E-state index is 0. The van der Waals surface area contributed by atoms with E-state index in [1.165, 1.54) is 12.1 Å². The largest absolute Gasteiger partial charge is 1.00 e. The monoisotopic (exact) mass is 488 g/mol. The molecule has 30 heavy (non-hydrogen) atoms. The Morgan fingerprint density at radius 3 is 2.83 bits per heavy atom. The number of nitrogens with zero attached hydrogens (tertiary/aromatic N) is 6. The summed E-state index contributed by atoms with van der Waals surface area (Å²) in [5.74, 6) is -0.145. The number of aliphatic carboxylic acids is 1. The third kappa shape index (κ3) is 5.36. The smallest absolute Gasteiger partial charge is 0.548 e. The van der Waals surface area contributed by atoms with Crippen molar-refractivity contribution in [2.24, 2.45) is 0 Å². The normalized spacial score (nSPS) is 14.4. The first kappa shape index (κ1) is 22.7. The number of ether oxygens (including phenoxy) is 1. The molecule has 1 aliphatic rings. The predicted molar refractivity (Wildman–Crippen MR) is 98.3 cm³/mol. The summed E-state index contributed by atoms with van der Waals surface area (Å²) in [4.78, 5) is 13.5. The molecule has 0 radical (unpaired) electrons. The number of tetrazole rings is 1. The molecule has 0 spiro atoms. The quantitative estimate of drug-likeness (QED) is 0.363. The van der Waals surface area contributed by atoms with Crippen molar-refractivity contribution in [3.05, 3.63) is 34.6 Å². The standard InChI is InChI=1S/C17H16BrFN6O4.Na/c18-12-2-1-10(19)7-13(12)28-11-3-5-24(6-4-11)15-8-14(29-22-15)17-20-23-25(21-17)9-16(26)27;/h1-2,7-8,11H,3-6,9H2,(H,26,27);/q;+1/p-1. The molecule has 0 atom stereocenters. The van der Waals surface area contributed by atoms with Crippen LogP contribution in [0.15, 0.2) is 33.3 Å². The summed E-state index contributed by atoms with van der Waals surface area (Å²) in [5, 5.41) is 25.9. The molecule has 0 N–H and O–H groups in total. The number of piperidine rings is 1. The average molecular weight is 489 g/mol. The van der Waals surface area contributed by atoms with Crippen LogP contribution in [0.2, 0.25) is 0 Å². The molecule has 0 unspecified atom stereocenters. The summed E-state index contributed by atoms with van der Waals surface area (Å²) in [6, 6.07) is 6.02. The molecule has 0 amide bonds. The van der Waals surface area contributed by atoms with Gasteiger partial charge in [-0.1, -0.05) is 5.16 Å². The number of halogens is 2. The van der Waals surface area contributed by atoms with Gasteiger partial charge < -0.3 is 24.1 Å². The Morgan fingerprint density at radius 2 is 2.10 bits per heavy atom. The fourth-order valence-corrected chi connectivity index (χ4v) is 3.33. The zero-order valence-corrected chi connectivity index (χ0v) is 19.6. The van der Waals surface area contributed by atoms with Gasteiger partial charge in [0.2, 0.25) is 11.6 Å². The molecule has 4 rings (SSSR count). The van der Waals surface area contributed by atoms with E-state index in [0.29, 0.717) is 29.1 Å². The Kier molecular flexibility index (Phi) is 7.45. The number of carboxylic acids is 1. The summed E-state index contributed by atoms with van der Waals surface area (Å²) in [6.45, 7) is 0.853. The van der Waals surface area contributed by atoms with Crippen LogP contribution in [-0.4, -0.2) is 50.5 Å². The number of rotatable bonds is 6. The van der Waals surface area contributed by atoms with E-state index in [1.807, 2.05) is 4.90 Å². The van der Waals surface area contributed by atoms with Crippen molar-refractivity contribution in [2.45, 2.75) is 25.5 Å². The molecule has 10 nitrogen and oxygen atoms in total. The summed E-state index contributed by atoms with van der Waals surface area (Å²) in [7, 11) is 0. The van der Waals surface area contributed by atoms with Crippen molar-refractivity contribution in [2.75, 3.05) is 18.0 Å². The van der Waals surface area contributed by atoms with Gasteiger partial charge >= 0.3 is 29.6 Å². The van der Waals surface area contributed by atoms with E-state index in [2.05, 4.69) is 36.5 Å². The van der Waals surface area contributed by atoms with Crippen LogP contribution < -0.4 is 44.3 Å². The van der Waals surface area contributed by atoms with Crippen molar-refractivity contribution >= 4 is 27.7 Å². The van der Waals surface area contributed by atoms with Crippen molar-refractivity contribution in [1.29, 1.82) is 0 Å². The third-order valence-electron chi connectivity index (χ3n) is 4.39. The molecule has 3 aromatic rings. The average Bonchev–Trinajstić information content (AvgIpc) is 3.34. The van der Waals surface area contributed by atoms with Gasteiger partial charge in [-0.3, -0.25) is 0 Å². The SMILES string of the molecule is O=C([O-])Cn1nnc(-c2cc(N3CCC(Oc4cc(F)ccc4Br)CC3)no2)n1.[Na+]. The Balaban J connectivity index is 0.00000256. The number of hydrogen-bond acceptors (Lipinski definition) is 9. The van der Waals surface area contributed by atoms with Gasteiger partial charge in [-0.05, 0) is 33.3 Å². The maximum absolute atomic E-state index is 13.4. The van der Waals surface area contributed by atoms with Gasteiger partial charge in [0.05, 0.1) is 10.4 Å². The second-order valence-corrected chi connectivity index (χ2v) is 7.30. The molecular formula is C17H15BrFN6NaO4. The maximum atomic E-state index is 13.4. The number of aromatic nitrogens is 5. The molecule has 152 valence electrons.